The van der Waals surface area contributed by atoms with E-state index in [4.69, 9.17) is 9.26 Å². The van der Waals surface area contributed by atoms with Crippen molar-refractivity contribution in [2.45, 2.75) is 24.6 Å². The maximum Gasteiger partial charge on any atom is 0.341 e. The Labute approximate surface area is 188 Å². The fourth-order valence-corrected chi connectivity index (χ4v) is 3.56. The van der Waals surface area contributed by atoms with Crippen LogP contribution >= 0.6 is 11.8 Å². The lowest BCUT2D eigenvalue weighted by Gasteiger charge is -2.09. The van der Waals surface area contributed by atoms with Crippen LogP contribution in [0.1, 0.15) is 39.1 Å². The van der Waals surface area contributed by atoms with Crippen LogP contribution in [-0.2, 0) is 15.3 Å². The van der Waals surface area contributed by atoms with E-state index in [1.54, 1.807) is 55.6 Å². The van der Waals surface area contributed by atoms with E-state index in [9.17, 15) is 14.4 Å². The molecular formula is C22H22N4O5S. The predicted octanol–water partition coefficient (Wildman–Crippen LogP) is 3.22. The van der Waals surface area contributed by atoms with Crippen LogP contribution in [0.4, 0.5) is 5.69 Å². The van der Waals surface area contributed by atoms with E-state index in [1.807, 2.05) is 6.92 Å². The zero-order chi connectivity index (χ0) is 22.9. The summed E-state index contributed by atoms with van der Waals surface area (Å²) in [4.78, 5) is 40.9. The van der Waals surface area contributed by atoms with Crippen molar-refractivity contribution >= 4 is 35.2 Å². The van der Waals surface area contributed by atoms with Gasteiger partial charge in [-0.25, -0.2) is 9.78 Å². The lowest BCUT2D eigenvalue weighted by molar-refractivity contribution is -0.119. The molecule has 0 saturated heterocycles. The molecule has 1 aromatic carbocycles. The molecule has 0 bridgehead atoms. The van der Waals surface area contributed by atoms with Crippen LogP contribution in [0.25, 0.3) is 0 Å². The highest BCUT2D eigenvalue weighted by Gasteiger charge is 2.17. The van der Waals surface area contributed by atoms with E-state index in [1.165, 1.54) is 11.8 Å². The molecule has 32 heavy (non-hydrogen) atoms. The van der Waals surface area contributed by atoms with Gasteiger partial charge < -0.3 is 19.9 Å². The summed E-state index contributed by atoms with van der Waals surface area (Å²) in [6.07, 6.45) is 1.57. The number of anilines is 1. The molecule has 9 nitrogen and oxygen atoms in total. The summed E-state index contributed by atoms with van der Waals surface area (Å²) in [5.74, 6) is -0.260. The number of aryl methyl sites for hydroxylation is 1. The first-order valence-electron chi connectivity index (χ1n) is 9.81. The van der Waals surface area contributed by atoms with Gasteiger partial charge >= 0.3 is 5.97 Å². The summed E-state index contributed by atoms with van der Waals surface area (Å²) in [6, 6.07) is 11.5. The van der Waals surface area contributed by atoms with Gasteiger partial charge in [-0.3, -0.25) is 9.59 Å². The number of carbonyl (C=O) groups excluding carboxylic acids is 3. The van der Waals surface area contributed by atoms with E-state index in [-0.39, 0.29) is 11.5 Å². The van der Waals surface area contributed by atoms with E-state index >= 15 is 0 Å². The molecule has 10 heteroatoms. The van der Waals surface area contributed by atoms with Crippen LogP contribution in [-0.4, -0.2) is 41.1 Å². The highest BCUT2D eigenvalue weighted by Crippen LogP contribution is 2.24. The zero-order valence-corrected chi connectivity index (χ0v) is 18.4. The van der Waals surface area contributed by atoms with Crippen molar-refractivity contribution in [1.82, 2.24) is 15.5 Å². The molecule has 0 spiro atoms. The first-order chi connectivity index (χ1) is 15.5. The minimum absolute atomic E-state index is 0.239. The van der Waals surface area contributed by atoms with Gasteiger partial charge in [-0.05, 0) is 44.2 Å². The average molecular weight is 455 g/mol. The summed E-state index contributed by atoms with van der Waals surface area (Å²) in [7, 11) is 0. The molecule has 0 unspecified atom stereocenters. The number of rotatable bonds is 9. The maximum absolute atomic E-state index is 12.5. The number of ether oxygens (including phenoxy) is 1. The van der Waals surface area contributed by atoms with Gasteiger partial charge in [0.05, 0.1) is 11.3 Å². The number of nitrogens with zero attached hydrogens (tertiary/aromatic N) is 2. The lowest BCUT2D eigenvalue weighted by atomic mass is 10.2. The standard InChI is InChI=1S/C22H22N4O5S/c1-3-23-20(28)15-6-4-7-16(11-15)25-19(27)12-30-22(29)18-8-5-9-24-21(18)32-13-17-10-14(2)31-26-17/h4-11H,3,12-13H2,1-2H3,(H,23,28)(H,25,27). The van der Waals surface area contributed by atoms with Gasteiger partial charge in [0.25, 0.3) is 11.8 Å². The van der Waals surface area contributed by atoms with E-state index in [0.29, 0.717) is 34.3 Å². The molecule has 166 valence electrons. The fraction of sp³-hybridized carbons (Fsp3) is 0.227. The van der Waals surface area contributed by atoms with E-state index in [0.717, 1.165) is 5.69 Å². The Hall–Kier alpha value is -3.66. The summed E-state index contributed by atoms with van der Waals surface area (Å²) in [5, 5.41) is 9.68. The van der Waals surface area contributed by atoms with Gasteiger partial charge in [0.2, 0.25) is 0 Å². The Balaban J connectivity index is 1.56. The number of esters is 1. The Kier molecular flexibility index (Phi) is 7.98. The Morgan fingerprint density at radius 3 is 2.75 bits per heavy atom. The molecule has 0 saturated carbocycles. The number of benzene rings is 1. The molecule has 2 N–H and O–H groups in total. The molecule has 0 fully saturated rings. The Morgan fingerprint density at radius 2 is 2.00 bits per heavy atom. The van der Waals surface area contributed by atoms with Crippen LogP contribution in [0.3, 0.4) is 0 Å². The predicted molar refractivity (Wildman–Crippen MR) is 118 cm³/mol. The molecule has 2 amide bonds. The number of hydrogen-bond acceptors (Lipinski definition) is 8. The van der Waals surface area contributed by atoms with Gasteiger partial charge in [-0.2, -0.15) is 0 Å². The number of amides is 2. The SMILES string of the molecule is CCNC(=O)c1cccc(NC(=O)COC(=O)c2cccnc2SCc2cc(C)on2)c1. The normalized spacial score (nSPS) is 10.4. The molecule has 3 rings (SSSR count). The monoisotopic (exact) mass is 454 g/mol. The molecule has 2 aromatic heterocycles. The summed E-state index contributed by atoms with van der Waals surface area (Å²) in [5.41, 5.74) is 1.83. The van der Waals surface area contributed by atoms with Gasteiger partial charge in [-0.15, -0.1) is 0 Å². The van der Waals surface area contributed by atoms with Crippen molar-refractivity contribution in [3.8, 4) is 0 Å². The molecule has 0 aliphatic heterocycles. The lowest BCUT2D eigenvalue weighted by Crippen LogP contribution is -2.23. The summed E-state index contributed by atoms with van der Waals surface area (Å²) >= 11 is 1.31. The number of carbonyl (C=O) groups is 3. The minimum atomic E-state index is -0.664. The average Bonchev–Trinajstić information content (AvgIpc) is 3.21. The third kappa shape index (κ3) is 6.42. The quantitative estimate of drug-likeness (QED) is 0.373. The Morgan fingerprint density at radius 1 is 1.16 bits per heavy atom. The van der Waals surface area contributed by atoms with Crippen molar-refractivity contribution in [3.63, 3.8) is 0 Å². The van der Waals surface area contributed by atoms with Crippen LogP contribution < -0.4 is 10.6 Å². The topological polar surface area (TPSA) is 123 Å². The first kappa shape index (κ1) is 23.0. The highest BCUT2D eigenvalue weighted by molar-refractivity contribution is 7.98. The number of thioether (sulfide) groups is 1. The van der Waals surface area contributed by atoms with Crippen molar-refractivity contribution in [2.24, 2.45) is 0 Å². The van der Waals surface area contributed by atoms with Gasteiger partial charge in [-0.1, -0.05) is 23.0 Å². The van der Waals surface area contributed by atoms with Gasteiger partial charge in [0.15, 0.2) is 6.61 Å². The second-order valence-electron chi connectivity index (χ2n) is 6.64. The zero-order valence-electron chi connectivity index (χ0n) is 17.6. The van der Waals surface area contributed by atoms with Crippen LogP contribution in [0, 0.1) is 6.92 Å². The molecule has 0 aliphatic carbocycles. The third-order valence-corrected chi connectivity index (χ3v) is 5.14. The first-order valence-corrected chi connectivity index (χ1v) is 10.8. The summed E-state index contributed by atoms with van der Waals surface area (Å²) in [6.45, 7) is 3.63. The molecule has 3 aromatic rings. The van der Waals surface area contributed by atoms with Crippen molar-refractivity contribution in [1.29, 1.82) is 0 Å². The van der Waals surface area contributed by atoms with Gasteiger partial charge in [0, 0.05) is 35.8 Å². The number of aromatic nitrogens is 2. The van der Waals surface area contributed by atoms with Crippen LogP contribution in [0.15, 0.2) is 58.2 Å². The summed E-state index contributed by atoms with van der Waals surface area (Å²) < 4.78 is 10.2. The molecule has 0 aliphatic rings. The molecule has 0 radical (unpaired) electrons. The Bertz CT molecular complexity index is 1110. The van der Waals surface area contributed by atoms with E-state index < -0.39 is 18.5 Å². The van der Waals surface area contributed by atoms with Gasteiger partial charge in [0.1, 0.15) is 10.8 Å². The van der Waals surface area contributed by atoms with Crippen LogP contribution in [0.5, 0.6) is 0 Å². The molecule has 0 atom stereocenters. The van der Waals surface area contributed by atoms with Crippen molar-refractivity contribution in [2.75, 3.05) is 18.5 Å². The third-order valence-electron chi connectivity index (χ3n) is 4.10. The fourth-order valence-electron chi connectivity index (χ4n) is 2.70. The number of hydrogen-bond donors (Lipinski definition) is 2. The largest absolute Gasteiger partial charge is 0.452 e. The second kappa shape index (κ2) is 11.1. The molecular weight excluding hydrogens is 432 g/mol. The second-order valence-corrected chi connectivity index (χ2v) is 7.60. The van der Waals surface area contributed by atoms with Crippen molar-refractivity contribution < 1.29 is 23.6 Å². The smallest absolute Gasteiger partial charge is 0.341 e. The highest BCUT2D eigenvalue weighted by atomic mass is 32.2. The van der Waals surface area contributed by atoms with E-state index in [2.05, 4.69) is 20.8 Å². The van der Waals surface area contributed by atoms with Crippen LogP contribution in [0.2, 0.25) is 0 Å². The minimum Gasteiger partial charge on any atom is -0.452 e. The number of nitrogens with one attached hydrogen (secondary N) is 2. The maximum atomic E-state index is 12.5. The molecule has 2 heterocycles. The number of pyridine rings is 1. The van der Waals surface area contributed by atoms with Crippen molar-refractivity contribution in [3.05, 3.63) is 71.2 Å².